The van der Waals surface area contributed by atoms with Crippen LogP contribution in [-0.2, 0) is 4.79 Å². The van der Waals surface area contributed by atoms with Crippen molar-refractivity contribution in [2.24, 2.45) is 0 Å². The van der Waals surface area contributed by atoms with Crippen molar-refractivity contribution in [2.75, 3.05) is 32.7 Å². The monoisotopic (exact) mass is 349 g/mol. The standard InChI is InChI=1S/C18H24ClN3O2/c1-13(23)21-11-16-10-20(8-9-22(16)18(2,3)12-21)17(24)14-4-6-15(19)7-5-14/h4-7,16H,8-12H2,1-3H3/t16-/m0/s1. The van der Waals surface area contributed by atoms with Crippen molar-refractivity contribution in [1.82, 2.24) is 14.7 Å². The zero-order valence-electron chi connectivity index (χ0n) is 14.5. The number of hydrogen-bond acceptors (Lipinski definition) is 3. The van der Waals surface area contributed by atoms with Crippen LogP contribution < -0.4 is 0 Å². The highest BCUT2D eigenvalue weighted by Gasteiger charge is 2.43. The van der Waals surface area contributed by atoms with Gasteiger partial charge in [-0.3, -0.25) is 14.5 Å². The van der Waals surface area contributed by atoms with Gasteiger partial charge in [0.15, 0.2) is 0 Å². The van der Waals surface area contributed by atoms with Crippen LogP contribution in [0.4, 0.5) is 0 Å². The molecule has 0 radical (unpaired) electrons. The Labute approximate surface area is 148 Å². The summed E-state index contributed by atoms with van der Waals surface area (Å²) in [6, 6.07) is 7.20. The van der Waals surface area contributed by atoms with Crippen LogP contribution in [0.1, 0.15) is 31.1 Å². The molecule has 130 valence electrons. The van der Waals surface area contributed by atoms with E-state index in [1.54, 1.807) is 31.2 Å². The van der Waals surface area contributed by atoms with Crippen LogP contribution in [0.15, 0.2) is 24.3 Å². The lowest BCUT2D eigenvalue weighted by molar-refractivity contribution is -0.138. The quantitative estimate of drug-likeness (QED) is 0.780. The minimum absolute atomic E-state index is 0.0315. The lowest BCUT2D eigenvalue weighted by Gasteiger charge is -2.55. The molecule has 3 rings (SSSR count). The minimum Gasteiger partial charge on any atom is -0.339 e. The number of rotatable bonds is 1. The molecular weight excluding hydrogens is 326 g/mol. The first-order valence-corrected chi connectivity index (χ1v) is 8.73. The van der Waals surface area contributed by atoms with Gasteiger partial charge in [-0.2, -0.15) is 0 Å². The van der Waals surface area contributed by atoms with E-state index in [4.69, 9.17) is 11.6 Å². The molecule has 0 aliphatic carbocycles. The Balaban J connectivity index is 1.75. The Morgan fingerprint density at radius 1 is 1.08 bits per heavy atom. The van der Waals surface area contributed by atoms with Gasteiger partial charge in [-0.05, 0) is 38.1 Å². The molecule has 1 aromatic rings. The number of piperazine rings is 2. The molecule has 1 aromatic carbocycles. The number of carbonyl (C=O) groups is 2. The van der Waals surface area contributed by atoms with Gasteiger partial charge < -0.3 is 9.80 Å². The van der Waals surface area contributed by atoms with Crippen LogP contribution in [-0.4, -0.2) is 70.8 Å². The van der Waals surface area contributed by atoms with Gasteiger partial charge in [0.2, 0.25) is 5.91 Å². The van der Waals surface area contributed by atoms with Crippen molar-refractivity contribution in [1.29, 1.82) is 0 Å². The highest BCUT2D eigenvalue weighted by Crippen LogP contribution is 2.28. The Morgan fingerprint density at radius 2 is 1.71 bits per heavy atom. The fraction of sp³-hybridized carbons (Fsp3) is 0.556. The number of halogens is 1. The molecule has 0 saturated carbocycles. The van der Waals surface area contributed by atoms with Crippen LogP contribution in [0.3, 0.4) is 0 Å². The molecule has 2 amide bonds. The molecule has 0 bridgehead atoms. The molecule has 0 spiro atoms. The molecule has 0 unspecified atom stereocenters. The Hall–Kier alpha value is -1.59. The number of hydrogen-bond donors (Lipinski definition) is 0. The molecule has 2 heterocycles. The average Bonchev–Trinajstić information content (AvgIpc) is 2.53. The van der Waals surface area contributed by atoms with E-state index >= 15 is 0 Å². The Morgan fingerprint density at radius 3 is 2.33 bits per heavy atom. The van der Waals surface area contributed by atoms with E-state index < -0.39 is 0 Å². The van der Waals surface area contributed by atoms with Gasteiger partial charge in [0, 0.05) is 61.8 Å². The SMILES string of the molecule is CC(=O)N1C[C@@H]2CN(C(=O)c3ccc(Cl)cc3)CCN2C(C)(C)C1. The number of nitrogens with zero attached hydrogens (tertiary/aromatic N) is 3. The van der Waals surface area contributed by atoms with Gasteiger partial charge in [-0.25, -0.2) is 0 Å². The number of carbonyl (C=O) groups excluding carboxylic acids is 2. The van der Waals surface area contributed by atoms with Crippen LogP contribution in [0.5, 0.6) is 0 Å². The highest BCUT2D eigenvalue weighted by atomic mass is 35.5. The molecule has 2 aliphatic rings. The van der Waals surface area contributed by atoms with Crippen molar-refractivity contribution >= 4 is 23.4 Å². The third kappa shape index (κ3) is 3.28. The van der Waals surface area contributed by atoms with Crippen molar-refractivity contribution in [3.8, 4) is 0 Å². The number of amides is 2. The molecule has 2 saturated heterocycles. The molecule has 6 heteroatoms. The first-order valence-electron chi connectivity index (χ1n) is 8.35. The zero-order chi connectivity index (χ0) is 17.5. The van der Waals surface area contributed by atoms with Crippen LogP contribution in [0, 0.1) is 0 Å². The minimum atomic E-state index is -0.0655. The van der Waals surface area contributed by atoms with E-state index in [0.29, 0.717) is 30.2 Å². The fourth-order valence-electron chi connectivity index (χ4n) is 3.88. The normalized spacial score (nSPS) is 23.8. The molecule has 0 aromatic heterocycles. The third-order valence-corrected chi connectivity index (χ3v) is 5.34. The van der Waals surface area contributed by atoms with Gasteiger partial charge in [-0.15, -0.1) is 0 Å². The first-order chi connectivity index (χ1) is 11.3. The predicted molar refractivity (Wildman–Crippen MR) is 94.2 cm³/mol. The summed E-state index contributed by atoms with van der Waals surface area (Å²) in [5.74, 6) is 0.132. The van der Waals surface area contributed by atoms with Crippen molar-refractivity contribution in [2.45, 2.75) is 32.4 Å². The zero-order valence-corrected chi connectivity index (χ0v) is 15.2. The van der Waals surface area contributed by atoms with E-state index in [9.17, 15) is 9.59 Å². The maximum Gasteiger partial charge on any atom is 0.253 e. The Kier molecular flexibility index (Phi) is 4.58. The fourth-order valence-corrected chi connectivity index (χ4v) is 4.01. The summed E-state index contributed by atoms with van der Waals surface area (Å²) in [5.41, 5.74) is 0.593. The first kappa shape index (κ1) is 17.2. The van der Waals surface area contributed by atoms with Gasteiger partial charge in [-0.1, -0.05) is 11.6 Å². The predicted octanol–water partition coefficient (Wildman–Crippen LogP) is 2.11. The lowest BCUT2D eigenvalue weighted by Crippen LogP contribution is -2.70. The second kappa shape index (κ2) is 6.37. The molecule has 0 N–H and O–H groups in total. The molecule has 1 atom stereocenters. The van der Waals surface area contributed by atoms with Gasteiger partial charge in [0.05, 0.1) is 0 Å². The number of benzene rings is 1. The molecule has 2 fully saturated rings. The van der Waals surface area contributed by atoms with E-state index in [1.807, 2.05) is 9.80 Å². The maximum absolute atomic E-state index is 12.7. The van der Waals surface area contributed by atoms with E-state index in [-0.39, 0.29) is 23.4 Å². The summed E-state index contributed by atoms with van der Waals surface area (Å²) in [6.07, 6.45) is 0. The molecule has 5 nitrogen and oxygen atoms in total. The highest BCUT2D eigenvalue weighted by molar-refractivity contribution is 6.30. The van der Waals surface area contributed by atoms with Crippen LogP contribution in [0.25, 0.3) is 0 Å². The van der Waals surface area contributed by atoms with Crippen LogP contribution in [0.2, 0.25) is 5.02 Å². The largest absolute Gasteiger partial charge is 0.339 e. The second-order valence-electron chi connectivity index (χ2n) is 7.32. The van der Waals surface area contributed by atoms with Crippen molar-refractivity contribution < 1.29 is 9.59 Å². The smallest absolute Gasteiger partial charge is 0.253 e. The maximum atomic E-state index is 12.7. The van der Waals surface area contributed by atoms with Gasteiger partial charge in [0.1, 0.15) is 0 Å². The van der Waals surface area contributed by atoms with E-state index in [1.165, 1.54) is 0 Å². The molecule has 2 aliphatic heterocycles. The van der Waals surface area contributed by atoms with Crippen molar-refractivity contribution in [3.05, 3.63) is 34.9 Å². The summed E-state index contributed by atoms with van der Waals surface area (Å²) in [7, 11) is 0. The van der Waals surface area contributed by atoms with E-state index in [0.717, 1.165) is 13.1 Å². The summed E-state index contributed by atoms with van der Waals surface area (Å²) < 4.78 is 0. The molecule has 24 heavy (non-hydrogen) atoms. The van der Waals surface area contributed by atoms with Gasteiger partial charge >= 0.3 is 0 Å². The van der Waals surface area contributed by atoms with E-state index in [2.05, 4.69) is 18.7 Å². The third-order valence-electron chi connectivity index (χ3n) is 5.09. The van der Waals surface area contributed by atoms with Crippen molar-refractivity contribution in [3.63, 3.8) is 0 Å². The summed E-state index contributed by atoms with van der Waals surface area (Å²) in [4.78, 5) is 30.8. The summed E-state index contributed by atoms with van der Waals surface area (Å²) in [6.45, 7) is 9.58. The summed E-state index contributed by atoms with van der Waals surface area (Å²) in [5, 5.41) is 0.627. The Bertz CT molecular complexity index is 644. The second-order valence-corrected chi connectivity index (χ2v) is 7.75. The summed E-state index contributed by atoms with van der Waals surface area (Å²) >= 11 is 5.90. The molecular formula is C18H24ClN3O2. The topological polar surface area (TPSA) is 43.9 Å². The number of fused-ring (bicyclic) bond motifs is 1. The lowest BCUT2D eigenvalue weighted by atomic mass is 9.92. The van der Waals surface area contributed by atoms with Crippen LogP contribution >= 0.6 is 11.6 Å². The van der Waals surface area contributed by atoms with Gasteiger partial charge in [0.25, 0.3) is 5.91 Å². The average molecular weight is 350 g/mol.